The predicted molar refractivity (Wildman–Crippen MR) is 74.9 cm³/mol. The smallest absolute Gasteiger partial charge is 0.164 e. The Kier molecular flexibility index (Phi) is 2.97. The highest BCUT2D eigenvalue weighted by Crippen LogP contribution is 2.42. The van der Waals surface area contributed by atoms with Crippen LogP contribution in [-0.2, 0) is 16.0 Å². The fourth-order valence-electron chi connectivity index (χ4n) is 3.23. The van der Waals surface area contributed by atoms with Crippen LogP contribution < -0.4 is 0 Å². The molecule has 1 aromatic carbocycles. The zero-order valence-electron chi connectivity index (χ0n) is 12.3. The SMILES string of the molecule is Cc1ccc(CN2CC3(C2)OC(C)(C)OC3C)cc1. The third-order valence-electron chi connectivity index (χ3n) is 4.16. The van der Waals surface area contributed by atoms with E-state index < -0.39 is 5.79 Å². The van der Waals surface area contributed by atoms with Gasteiger partial charge in [-0.3, -0.25) is 4.90 Å². The maximum absolute atomic E-state index is 6.11. The molecule has 1 unspecified atom stereocenters. The molecule has 2 saturated heterocycles. The maximum Gasteiger partial charge on any atom is 0.164 e. The number of hydrogen-bond donors (Lipinski definition) is 0. The normalized spacial score (nSPS) is 28.5. The molecule has 3 heteroatoms. The van der Waals surface area contributed by atoms with Gasteiger partial charge in [-0.2, -0.15) is 0 Å². The Bertz CT molecular complexity index is 460. The molecule has 1 atom stereocenters. The molecule has 2 fully saturated rings. The van der Waals surface area contributed by atoms with Gasteiger partial charge in [0.25, 0.3) is 0 Å². The first-order valence-electron chi connectivity index (χ1n) is 7.04. The summed E-state index contributed by atoms with van der Waals surface area (Å²) in [6, 6.07) is 8.76. The zero-order chi connectivity index (χ0) is 13.7. The third kappa shape index (κ3) is 2.42. The lowest BCUT2D eigenvalue weighted by molar-refractivity contribution is -0.194. The number of benzene rings is 1. The second-order valence-electron chi connectivity index (χ2n) is 6.46. The fourth-order valence-corrected chi connectivity index (χ4v) is 3.23. The van der Waals surface area contributed by atoms with Crippen LogP contribution in [0.5, 0.6) is 0 Å². The number of nitrogens with zero attached hydrogens (tertiary/aromatic N) is 1. The summed E-state index contributed by atoms with van der Waals surface area (Å²) in [5.41, 5.74) is 2.59. The second kappa shape index (κ2) is 4.30. The van der Waals surface area contributed by atoms with E-state index in [-0.39, 0.29) is 11.7 Å². The van der Waals surface area contributed by atoms with E-state index >= 15 is 0 Å². The maximum atomic E-state index is 6.11. The Morgan fingerprint density at radius 2 is 1.84 bits per heavy atom. The van der Waals surface area contributed by atoms with E-state index in [9.17, 15) is 0 Å². The van der Waals surface area contributed by atoms with E-state index in [1.165, 1.54) is 11.1 Å². The van der Waals surface area contributed by atoms with E-state index in [1.54, 1.807) is 0 Å². The summed E-state index contributed by atoms with van der Waals surface area (Å²) in [5, 5.41) is 0. The number of hydrogen-bond acceptors (Lipinski definition) is 3. The van der Waals surface area contributed by atoms with Gasteiger partial charge in [-0.05, 0) is 33.3 Å². The highest BCUT2D eigenvalue weighted by atomic mass is 16.8. The van der Waals surface area contributed by atoms with Gasteiger partial charge in [0.05, 0.1) is 6.10 Å². The zero-order valence-corrected chi connectivity index (χ0v) is 12.3. The summed E-state index contributed by atoms with van der Waals surface area (Å²) in [5.74, 6) is -0.435. The molecule has 0 saturated carbocycles. The van der Waals surface area contributed by atoms with Crippen molar-refractivity contribution in [3.05, 3.63) is 35.4 Å². The highest BCUT2D eigenvalue weighted by molar-refractivity contribution is 5.22. The summed E-state index contributed by atoms with van der Waals surface area (Å²) in [6.45, 7) is 11.2. The molecule has 3 nitrogen and oxygen atoms in total. The molecule has 2 aliphatic heterocycles. The van der Waals surface area contributed by atoms with E-state index in [4.69, 9.17) is 9.47 Å². The molecule has 0 N–H and O–H groups in total. The number of rotatable bonds is 2. The molecule has 3 rings (SSSR count). The topological polar surface area (TPSA) is 21.7 Å². The van der Waals surface area contributed by atoms with Crippen molar-refractivity contribution in [1.29, 1.82) is 0 Å². The van der Waals surface area contributed by atoms with Crippen LogP contribution >= 0.6 is 0 Å². The van der Waals surface area contributed by atoms with E-state index in [2.05, 4.69) is 43.0 Å². The van der Waals surface area contributed by atoms with E-state index in [0.717, 1.165) is 19.6 Å². The molecular formula is C16H23NO2. The lowest BCUT2D eigenvalue weighted by Crippen LogP contribution is -2.65. The van der Waals surface area contributed by atoms with Gasteiger partial charge in [0.1, 0.15) is 5.60 Å². The Morgan fingerprint density at radius 3 is 2.37 bits per heavy atom. The lowest BCUT2D eigenvalue weighted by Gasteiger charge is -2.48. The molecule has 0 amide bonds. The summed E-state index contributed by atoms with van der Waals surface area (Å²) in [4.78, 5) is 2.42. The molecule has 0 radical (unpaired) electrons. The van der Waals surface area contributed by atoms with Gasteiger partial charge in [0, 0.05) is 19.6 Å². The van der Waals surface area contributed by atoms with Crippen molar-refractivity contribution in [3.8, 4) is 0 Å². The molecule has 104 valence electrons. The van der Waals surface area contributed by atoms with Crippen LogP contribution in [0, 0.1) is 6.92 Å². The van der Waals surface area contributed by atoms with Gasteiger partial charge in [-0.1, -0.05) is 29.8 Å². The predicted octanol–water partition coefficient (Wildman–Crippen LogP) is 2.72. The molecule has 2 aliphatic rings. The van der Waals surface area contributed by atoms with Crippen molar-refractivity contribution in [2.45, 2.75) is 51.7 Å². The first-order chi connectivity index (χ1) is 8.89. The van der Waals surface area contributed by atoms with Crippen molar-refractivity contribution >= 4 is 0 Å². The molecule has 19 heavy (non-hydrogen) atoms. The standard InChI is InChI=1S/C16H23NO2/c1-12-5-7-14(8-6-12)9-17-10-16(11-17)13(2)18-15(3,4)19-16/h5-8,13H,9-11H2,1-4H3. The largest absolute Gasteiger partial charge is 0.344 e. The molecule has 0 aromatic heterocycles. The first kappa shape index (κ1) is 13.1. The number of aryl methyl sites for hydroxylation is 1. The highest BCUT2D eigenvalue weighted by Gasteiger charge is 2.57. The van der Waals surface area contributed by atoms with Gasteiger partial charge < -0.3 is 9.47 Å². The molecule has 2 heterocycles. The van der Waals surface area contributed by atoms with E-state index in [1.807, 2.05) is 13.8 Å². The summed E-state index contributed by atoms with van der Waals surface area (Å²) in [6.07, 6.45) is 0.178. The number of likely N-dealkylation sites (tertiary alicyclic amines) is 1. The van der Waals surface area contributed by atoms with Crippen molar-refractivity contribution < 1.29 is 9.47 Å². The Labute approximate surface area is 115 Å². The molecule has 1 spiro atoms. The monoisotopic (exact) mass is 261 g/mol. The molecule has 0 bridgehead atoms. The Morgan fingerprint density at radius 1 is 1.21 bits per heavy atom. The minimum absolute atomic E-state index is 0.0891. The minimum atomic E-state index is -0.435. The average Bonchev–Trinajstić information content (AvgIpc) is 2.51. The Balaban J connectivity index is 1.60. The third-order valence-corrected chi connectivity index (χ3v) is 4.16. The van der Waals surface area contributed by atoms with Gasteiger partial charge in [0.15, 0.2) is 5.79 Å². The molecule has 1 aromatic rings. The van der Waals surface area contributed by atoms with Crippen LogP contribution in [0.2, 0.25) is 0 Å². The van der Waals surface area contributed by atoms with Crippen LogP contribution in [0.15, 0.2) is 24.3 Å². The minimum Gasteiger partial charge on any atom is -0.344 e. The summed E-state index contributed by atoms with van der Waals surface area (Å²) < 4.78 is 12.0. The van der Waals surface area contributed by atoms with Crippen molar-refractivity contribution in [1.82, 2.24) is 4.90 Å². The van der Waals surface area contributed by atoms with Crippen LogP contribution in [-0.4, -0.2) is 35.5 Å². The van der Waals surface area contributed by atoms with Gasteiger partial charge >= 0.3 is 0 Å². The van der Waals surface area contributed by atoms with Gasteiger partial charge in [0.2, 0.25) is 0 Å². The molecular weight excluding hydrogens is 238 g/mol. The van der Waals surface area contributed by atoms with Gasteiger partial charge in [-0.25, -0.2) is 0 Å². The quantitative estimate of drug-likeness (QED) is 0.817. The first-order valence-corrected chi connectivity index (χ1v) is 7.04. The van der Waals surface area contributed by atoms with Crippen molar-refractivity contribution in [2.75, 3.05) is 13.1 Å². The van der Waals surface area contributed by atoms with Gasteiger partial charge in [-0.15, -0.1) is 0 Å². The van der Waals surface area contributed by atoms with Crippen molar-refractivity contribution in [3.63, 3.8) is 0 Å². The Hall–Kier alpha value is -0.900. The van der Waals surface area contributed by atoms with Crippen LogP contribution in [0.3, 0.4) is 0 Å². The molecule has 0 aliphatic carbocycles. The lowest BCUT2D eigenvalue weighted by atomic mass is 9.88. The van der Waals surface area contributed by atoms with Crippen LogP contribution in [0.25, 0.3) is 0 Å². The summed E-state index contributed by atoms with van der Waals surface area (Å²) in [7, 11) is 0. The van der Waals surface area contributed by atoms with E-state index in [0.29, 0.717) is 0 Å². The van der Waals surface area contributed by atoms with Crippen LogP contribution in [0.1, 0.15) is 31.9 Å². The summed E-state index contributed by atoms with van der Waals surface area (Å²) >= 11 is 0. The average molecular weight is 261 g/mol. The van der Waals surface area contributed by atoms with Crippen LogP contribution in [0.4, 0.5) is 0 Å². The fraction of sp³-hybridized carbons (Fsp3) is 0.625. The number of ether oxygens (including phenoxy) is 2. The second-order valence-corrected chi connectivity index (χ2v) is 6.46. The van der Waals surface area contributed by atoms with Crippen molar-refractivity contribution in [2.24, 2.45) is 0 Å².